The zero-order valence-electron chi connectivity index (χ0n) is 12.1. The van der Waals surface area contributed by atoms with Gasteiger partial charge in [0.2, 0.25) is 0 Å². The predicted octanol–water partition coefficient (Wildman–Crippen LogP) is 3.97. The van der Waals surface area contributed by atoms with Crippen LogP contribution in [-0.2, 0) is 4.79 Å². The minimum absolute atomic E-state index is 0.0644. The van der Waals surface area contributed by atoms with Crippen molar-refractivity contribution in [3.8, 4) is 5.75 Å². The van der Waals surface area contributed by atoms with Crippen LogP contribution in [-0.4, -0.2) is 17.7 Å². The van der Waals surface area contributed by atoms with Crippen molar-refractivity contribution in [3.05, 3.63) is 34.9 Å². The van der Waals surface area contributed by atoms with Crippen LogP contribution < -0.4 is 4.74 Å². The molecule has 0 saturated carbocycles. The Bertz CT molecular complexity index is 487. The maximum absolute atomic E-state index is 10.7. The van der Waals surface area contributed by atoms with Gasteiger partial charge in [-0.15, -0.1) is 0 Å². The predicted molar refractivity (Wildman–Crippen MR) is 77.6 cm³/mol. The van der Waals surface area contributed by atoms with Crippen molar-refractivity contribution in [1.29, 1.82) is 0 Å². The highest BCUT2D eigenvalue weighted by molar-refractivity contribution is 5.76. The zero-order valence-corrected chi connectivity index (χ0v) is 12.1. The van der Waals surface area contributed by atoms with Crippen molar-refractivity contribution >= 4 is 11.5 Å². The number of rotatable bonds is 6. The van der Waals surface area contributed by atoms with Crippen LogP contribution in [0.3, 0.4) is 0 Å². The number of allylic oxidation sites excluding steroid dienone is 1. The molecule has 3 nitrogen and oxygen atoms in total. The normalized spacial score (nSPS) is 11.5. The van der Waals surface area contributed by atoms with Crippen molar-refractivity contribution in [2.24, 2.45) is 0 Å². The number of hydrogen-bond donors (Lipinski definition) is 1. The Morgan fingerprint density at radius 2 is 1.95 bits per heavy atom. The summed E-state index contributed by atoms with van der Waals surface area (Å²) in [7, 11) is 0. The van der Waals surface area contributed by atoms with Crippen molar-refractivity contribution in [2.45, 2.75) is 40.5 Å². The number of ether oxygens (including phenoxy) is 1. The molecule has 0 unspecified atom stereocenters. The Kier molecular flexibility index (Phi) is 5.61. The van der Waals surface area contributed by atoms with Gasteiger partial charge in [-0.2, -0.15) is 0 Å². The molecule has 0 bridgehead atoms. The second kappa shape index (κ2) is 6.98. The van der Waals surface area contributed by atoms with E-state index in [-0.39, 0.29) is 6.42 Å². The Balaban J connectivity index is 3.15. The highest BCUT2D eigenvalue weighted by Gasteiger charge is 2.10. The van der Waals surface area contributed by atoms with Gasteiger partial charge in [0.05, 0.1) is 13.0 Å². The Morgan fingerprint density at radius 3 is 2.47 bits per heavy atom. The molecule has 1 aromatic rings. The van der Waals surface area contributed by atoms with E-state index in [0.717, 1.165) is 34.4 Å². The van der Waals surface area contributed by atoms with Crippen molar-refractivity contribution < 1.29 is 14.6 Å². The maximum Gasteiger partial charge on any atom is 0.307 e. The summed E-state index contributed by atoms with van der Waals surface area (Å²) in [5.74, 6) is 0.101. The standard InChI is InChI=1S/C16H22O3/c1-5-13(7-10-16(17)18)14-8-9-15(19-6-2)12(4)11(14)3/h7-9H,5-6,10H2,1-4H3,(H,17,18)/b13-7+. The molecule has 1 aromatic carbocycles. The van der Waals surface area contributed by atoms with Crippen LogP contribution in [0.2, 0.25) is 0 Å². The van der Waals surface area contributed by atoms with Gasteiger partial charge in [0.25, 0.3) is 0 Å². The van der Waals surface area contributed by atoms with Crippen molar-refractivity contribution in [3.63, 3.8) is 0 Å². The number of aliphatic carboxylic acids is 1. The van der Waals surface area contributed by atoms with Crippen LogP contribution in [0, 0.1) is 13.8 Å². The highest BCUT2D eigenvalue weighted by atomic mass is 16.5. The number of benzene rings is 1. The first-order chi connectivity index (χ1) is 9.01. The molecule has 3 heteroatoms. The van der Waals surface area contributed by atoms with E-state index in [4.69, 9.17) is 9.84 Å². The van der Waals surface area contributed by atoms with Crippen LogP contribution in [0.25, 0.3) is 5.57 Å². The summed E-state index contributed by atoms with van der Waals surface area (Å²) >= 11 is 0. The summed E-state index contributed by atoms with van der Waals surface area (Å²) in [5.41, 5.74) is 4.47. The summed E-state index contributed by atoms with van der Waals surface area (Å²) in [5, 5.41) is 8.78. The molecule has 0 radical (unpaired) electrons. The van der Waals surface area contributed by atoms with Gasteiger partial charge in [-0.05, 0) is 55.5 Å². The van der Waals surface area contributed by atoms with Crippen LogP contribution in [0.4, 0.5) is 0 Å². The summed E-state index contributed by atoms with van der Waals surface area (Å²) in [6.45, 7) is 8.74. The zero-order chi connectivity index (χ0) is 14.4. The number of carboxylic acids is 1. The molecule has 0 amide bonds. The third kappa shape index (κ3) is 3.85. The molecule has 19 heavy (non-hydrogen) atoms. The quantitative estimate of drug-likeness (QED) is 0.843. The first-order valence-corrected chi connectivity index (χ1v) is 6.65. The van der Waals surface area contributed by atoms with E-state index < -0.39 is 5.97 Å². The summed E-state index contributed by atoms with van der Waals surface area (Å²) in [4.78, 5) is 10.7. The number of carbonyl (C=O) groups is 1. The van der Waals surface area contributed by atoms with Gasteiger partial charge in [0.15, 0.2) is 0 Å². The molecule has 0 saturated heterocycles. The summed E-state index contributed by atoms with van der Waals surface area (Å²) in [6, 6.07) is 3.98. The monoisotopic (exact) mass is 262 g/mol. The summed E-state index contributed by atoms with van der Waals surface area (Å²) < 4.78 is 5.57. The van der Waals surface area contributed by atoms with Gasteiger partial charge in [0.1, 0.15) is 5.75 Å². The van der Waals surface area contributed by atoms with E-state index in [1.165, 1.54) is 0 Å². The third-order valence-electron chi connectivity index (χ3n) is 3.29. The Hall–Kier alpha value is -1.77. The molecule has 0 fully saturated rings. The number of carboxylic acid groups (broad SMARTS) is 1. The molecule has 1 N–H and O–H groups in total. The van der Waals surface area contributed by atoms with Gasteiger partial charge in [0, 0.05) is 0 Å². The fraction of sp³-hybridized carbons (Fsp3) is 0.438. The molecule has 0 aliphatic heterocycles. The molecule has 104 valence electrons. The lowest BCUT2D eigenvalue weighted by atomic mass is 9.94. The van der Waals surface area contributed by atoms with Gasteiger partial charge in [-0.25, -0.2) is 0 Å². The average Bonchev–Trinajstić information content (AvgIpc) is 2.37. The Morgan fingerprint density at radius 1 is 1.26 bits per heavy atom. The van der Waals surface area contributed by atoms with Gasteiger partial charge in [-0.1, -0.05) is 19.1 Å². The molecule has 0 spiro atoms. The topological polar surface area (TPSA) is 46.5 Å². The van der Waals surface area contributed by atoms with E-state index in [2.05, 4.69) is 6.92 Å². The second-order valence-corrected chi connectivity index (χ2v) is 4.48. The molecular weight excluding hydrogens is 240 g/mol. The fourth-order valence-electron chi connectivity index (χ4n) is 2.11. The Labute approximate surface area is 114 Å². The van der Waals surface area contributed by atoms with Crippen molar-refractivity contribution in [2.75, 3.05) is 6.61 Å². The molecular formula is C16H22O3. The van der Waals surface area contributed by atoms with Gasteiger partial charge in [-0.3, -0.25) is 4.79 Å². The van der Waals surface area contributed by atoms with E-state index in [9.17, 15) is 4.79 Å². The lowest BCUT2D eigenvalue weighted by Gasteiger charge is -2.15. The largest absolute Gasteiger partial charge is 0.494 e. The molecule has 0 heterocycles. The van der Waals surface area contributed by atoms with Gasteiger partial charge >= 0.3 is 5.97 Å². The molecule has 0 aliphatic carbocycles. The minimum atomic E-state index is -0.800. The van der Waals surface area contributed by atoms with Crippen molar-refractivity contribution in [1.82, 2.24) is 0 Å². The second-order valence-electron chi connectivity index (χ2n) is 4.48. The highest BCUT2D eigenvalue weighted by Crippen LogP contribution is 2.30. The van der Waals surface area contributed by atoms with Crippen LogP contribution in [0.5, 0.6) is 5.75 Å². The molecule has 1 rings (SSSR count). The maximum atomic E-state index is 10.7. The van der Waals surface area contributed by atoms with E-state index >= 15 is 0 Å². The first-order valence-electron chi connectivity index (χ1n) is 6.65. The molecule has 0 aromatic heterocycles. The van der Waals surface area contributed by atoms with Crippen LogP contribution in [0.1, 0.15) is 43.4 Å². The smallest absolute Gasteiger partial charge is 0.307 e. The third-order valence-corrected chi connectivity index (χ3v) is 3.29. The molecule has 0 atom stereocenters. The SMILES string of the molecule is CCOc1ccc(/C(=C/CC(=O)O)CC)c(C)c1C. The molecule has 0 aliphatic rings. The average molecular weight is 262 g/mol. The van der Waals surface area contributed by atoms with Crippen LogP contribution in [0.15, 0.2) is 18.2 Å². The van der Waals surface area contributed by atoms with E-state index in [0.29, 0.717) is 6.61 Å². The van der Waals surface area contributed by atoms with E-state index in [1.807, 2.05) is 32.9 Å². The summed E-state index contributed by atoms with van der Waals surface area (Å²) in [6.07, 6.45) is 2.68. The van der Waals surface area contributed by atoms with Crippen LogP contribution >= 0.6 is 0 Å². The van der Waals surface area contributed by atoms with Gasteiger partial charge < -0.3 is 9.84 Å². The van der Waals surface area contributed by atoms with E-state index in [1.54, 1.807) is 6.08 Å². The minimum Gasteiger partial charge on any atom is -0.494 e. The lowest BCUT2D eigenvalue weighted by molar-refractivity contribution is -0.135. The lowest BCUT2D eigenvalue weighted by Crippen LogP contribution is -1.99. The fourth-order valence-corrected chi connectivity index (χ4v) is 2.11. The number of hydrogen-bond acceptors (Lipinski definition) is 2. The first kappa shape index (κ1) is 15.3.